The Labute approximate surface area is 174 Å². The number of alkyl halides is 6. The van der Waals surface area contributed by atoms with Crippen LogP contribution in [0.4, 0.5) is 26.3 Å². The van der Waals surface area contributed by atoms with Crippen LogP contribution < -0.4 is 0 Å². The number of esters is 2. The van der Waals surface area contributed by atoms with Gasteiger partial charge in [-0.3, -0.25) is 0 Å². The van der Waals surface area contributed by atoms with Gasteiger partial charge in [-0.15, -0.1) is 0 Å². The molecular weight excluding hydrogens is 474 g/mol. The zero-order valence-electron chi connectivity index (χ0n) is 17.7. The van der Waals surface area contributed by atoms with E-state index in [0.29, 0.717) is 6.08 Å². The van der Waals surface area contributed by atoms with E-state index in [0.717, 1.165) is 0 Å². The summed E-state index contributed by atoms with van der Waals surface area (Å²) >= 11 is 0. The van der Waals surface area contributed by atoms with Crippen LogP contribution in [0.25, 0.3) is 0 Å². The highest BCUT2D eigenvalue weighted by molar-refractivity contribution is 6.87. The molecule has 30 heavy (non-hydrogen) atoms. The van der Waals surface area contributed by atoms with Crippen molar-refractivity contribution < 1.29 is 53.6 Å². The highest BCUT2D eigenvalue weighted by Gasteiger charge is 2.59. The number of carbonyl (C=O) groups excluding carboxylic acids is 2. The van der Waals surface area contributed by atoms with Crippen LogP contribution in [0.3, 0.4) is 0 Å². The van der Waals surface area contributed by atoms with Crippen LogP contribution in [-0.4, -0.2) is 61.8 Å². The Hall–Kier alpha value is -1.17. The monoisotopic (exact) mass is 500 g/mol. The zero-order valence-corrected chi connectivity index (χ0v) is 20.7. The van der Waals surface area contributed by atoms with Crippen LogP contribution in [0.5, 0.6) is 0 Å². The van der Waals surface area contributed by atoms with Crippen LogP contribution in [0.2, 0.25) is 45.8 Å². The minimum absolute atomic E-state index is 0.134. The molecule has 0 aromatic rings. The van der Waals surface area contributed by atoms with Gasteiger partial charge in [0.1, 0.15) is 6.23 Å². The number of hydrogen-bond acceptors (Lipinski definition) is 6. The minimum atomic E-state index is -5.84. The van der Waals surface area contributed by atoms with Crippen molar-refractivity contribution in [3.05, 3.63) is 12.2 Å². The zero-order chi connectivity index (χ0) is 24.2. The Kier molecular flexibility index (Phi) is 9.58. The van der Waals surface area contributed by atoms with E-state index in [1.54, 1.807) is 13.1 Å². The number of rotatable bonds is 9. The SMILES string of the molecule is C[Si](C)(C)O[Si](C)(C)O[Si](C)(C)COC(=O)C=CC(=O)OC(C(F)(F)F)C(F)(F)F. The normalized spacial score (nSPS) is 14.3. The smallest absolute Gasteiger partial charge is 0.434 e. The molecule has 0 heterocycles. The quantitative estimate of drug-likeness (QED) is 0.202. The van der Waals surface area contributed by atoms with Crippen molar-refractivity contribution in [2.45, 2.75) is 64.3 Å². The molecule has 0 radical (unpaired) electrons. The highest BCUT2D eigenvalue weighted by Crippen LogP contribution is 2.35. The lowest BCUT2D eigenvalue weighted by Gasteiger charge is -2.37. The molecule has 0 aliphatic carbocycles. The first-order chi connectivity index (χ1) is 13.0. The van der Waals surface area contributed by atoms with Gasteiger partial charge in [-0.2, -0.15) is 26.3 Å². The summed E-state index contributed by atoms with van der Waals surface area (Å²) < 4.78 is 94.4. The summed E-state index contributed by atoms with van der Waals surface area (Å²) in [6.07, 6.45) is -15.6. The van der Waals surface area contributed by atoms with Gasteiger partial charge in [-0.05, 0) is 45.8 Å². The molecule has 6 nitrogen and oxygen atoms in total. The van der Waals surface area contributed by atoms with Crippen molar-refractivity contribution in [2.24, 2.45) is 0 Å². The lowest BCUT2D eigenvalue weighted by Crippen LogP contribution is -2.53. The molecule has 0 aromatic heterocycles. The van der Waals surface area contributed by atoms with E-state index in [1.165, 1.54) is 0 Å². The fourth-order valence-electron chi connectivity index (χ4n) is 2.36. The van der Waals surface area contributed by atoms with Gasteiger partial charge >= 0.3 is 32.9 Å². The van der Waals surface area contributed by atoms with Crippen LogP contribution in [0.1, 0.15) is 0 Å². The summed E-state index contributed by atoms with van der Waals surface area (Å²) in [6.45, 7) is 13.2. The average Bonchev–Trinajstić information content (AvgIpc) is 2.42. The van der Waals surface area contributed by atoms with Crippen molar-refractivity contribution in [3.63, 3.8) is 0 Å². The van der Waals surface area contributed by atoms with E-state index in [1.807, 2.05) is 32.7 Å². The molecule has 0 saturated carbocycles. The summed E-state index contributed by atoms with van der Waals surface area (Å²) in [5.41, 5.74) is 0. The predicted octanol–water partition coefficient (Wildman–Crippen LogP) is 4.44. The van der Waals surface area contributed by atoms with Crippen LogP contribution in [0.15, 0.2) is 12.2 Å². The first-order valence-corrected chi connectivity index (χ1v) is 18.0. The highest BCUT2D eigenvalue weighted by atomic mass is 28.5. The van der Waals surface area contributed by atoms with Gasteiger partial charge in [0.15, 0.2) is 8.32 Å². The average molecular weight is 501 g/mol. The van der Waals surface area contributed by atoms with Crippen molar-refractivity contribution in [3.8, 4) is 0 Å². The Balaban J connectivity index is 4.82. The fourth-order valence-corrected chi connectivity index (χ4v) is 14.8. The molecule has 0 aliphatic rings. The Bertz CT molecular complexity index is 626. The maximum atomic E-state index is 12.3. The molecule has 0 aromatic carbocycles. The summed E-state index contributed by atoms with van der Waals surface area (Å²) in [5, 5.41) is 0. The third-order valence-electron chi connectivity index (χ3n) is 2.82. The molecule has 15 heteroatoms. The topological polar surface area (TPSA) is 71.1 Å². The number of ether oxygens (including phenoxy) is 2. The molecule has 0 bridgehead atoms. The van der Waals surface area contributed by atoms with Crippen molar-refractivity contribution in [1.82, 2.24) is 0 Å². The van der Waals surface area contributed by atoms with E-state index in [4.69, 9.17) is 13.0 Å². The predicted molar refractivity (Wildman–Crippen MR) is 103 cm³/mol. The summed E-state index contributed by atoms with van der Waals surface area (Å²) in [4.78, 5) is 22.9. The lowest BCUT2D eigenvalue weighted by atomic mass is 10.3. The molecule has 0 atom stereocenters. The van der Waals surface area contributed by atoms with Gasteiger partial charge in [-0.1, -0.05) is 0 Å². The van der Waals surface area contributed by atoms with E-state index < -0.39 is 55.6 Å². The van der Waals surface area contributed by atoms with Crippen molar-refractivity contribution in [2.75, 3.05) is 6.23 Å². The van der Waals surface area contributed by atoms with Gasteiger partial charge in [0.25, 0.3) is 6.10 Å². The summed E-state index contributed by atoms with van der Waals surface area (Å²) in [6, 6.07) is 0. The molecular formula is C15H26F6O6Si3. The standard InChI is InChI=1S/C15H26F6O6Si3/c1-28(2,3)26-30(6,7)27-29(4,5)10-24-11(22)8-9-12(23)25-13(14(16,17)18)15(19,20)21/h8-9,13H,10H2,1-7H3. The Morgan fingerprint density at radius 1 is 0.800 bits per heavy atom. The van der Waals surface area contributed by atoms with Gasteiger partial charge in [-0.25, -0.2) is 9.59 Å². The molecule has 0 saturated heterocycles. The van der Waals surface area contributed by atoms with Gasteiger partial charge in [0, 0.05) is 12.2 Å². The second kappa shape index (κ2) is 9.97. The number of hydrogen-bond donors (Lipinski definition) is 0. The minimum Gasteiger partial charge on any atom is -0.463 e. The molecule has 176 valence electrons. The lowest BCUT2D eigenvalue weighted by molar-refractivity contribution is -0.312. The molecule has 0 amide bonds. The fraction of sp³-hybridized carbons (Fsp3) is 0.733. The van der Waals surface area contributed by atoms with Crippen LogP contribution in [0, 0.1) is 0 Å². The molecule has 0 spiro atoms. The third-order valence-corrected chi connectivity index (χ3v) is 12.3. The molecule has 0 fully saturated rings. The largest absolute Gasteiger partial charge is 0.463 e. The maximum absolute atomic E-state index is 12.3. The van der Waals surface area contributed by atoms with E-state index in [2.05, 4.69) is 4.74 Å². The van der Waals surface area contributed by atoms with E-state index >= 15 is 0 Å². The number of carbonyl (C=O) groups is 2. The van der Waals surface area contributed by atoms with E-state index in [-0.39, 0.29) is 12.3 Å². The Morgan fingerprint density at radius 2 is 1.23 bits per heavy atom. The summed E-state index contributed by atoms with van der Waals surface area (Å²) in [7, 11) is -6.95. The second-order valence-corrected chi connectivity index (χ2v) is 20.8. The van der Waals surface area contributed by atoms with Crippen LogP contribution >= 0.6 is 0 Å². The maximum Gasteiger partial charge on any atom is 0.434 e. The molecule has 0 rings (SSSR count). The van der Waals surface area contributed by atoms with Gasteiger partial charge in [0.2, 0.25) is 8.32 Å². The molecule has 0 aliphatic heterocycles. The van der Waals surface area contributed by atoms with Crippen molar-refractivity contribution in [1.29, 1.82) is 0 Å². The first-order valence-electron chi connectivity index (χ1n) is 8.63. The van der Waals surface area contributed by atoms with Gasteiger partial charge < -0.3 is 17.7 Å². The molecule has 0 unspecified atom stereocenters. The second-order valence-electron chi connectivity index (χ2n) is 8.32. The van der Waals surface area contributed by atoms with Crippen LogP contribution in [-0.2, 0) is 27.3 Å². The summed E-state index contributed by atoms with van der Waals surface area (Å²) in [5.74, 6) is -3.13. The van der Waals surface area contributed by atoms with Gasteiger partial charge in [0.05, 0.1) is 0 Å². The van der Waals surface area contributed by atoms with E-state index in [9.17, 15) is 35.9 Å². The number of halogens is 6. The Morgan fingerprint density at radius 3 is 1.63 bits per heavy atom. The van der Waals surface area contributed by atoms with Crippen molar-refractivity contribution >= 4 is 37.1 Å². The first kappa shape index (κ1) is 28.8. The molecule has 0 N–H and O–H groups in total. The third kappa shape index (κ3) is 12.5.